The Hall–Kier alpha value is -1.59. The van der Waals surface area contributed by atoms with Crippen molar-refractivity contribution in [2.45, 2.75) is 38.1 Å². The van der Waals surface area contributed by atoms with Crippen molar-refractivity contribution < 1.29 is 19.0 Å². The molecule has 0 unspecified atom stereocenters. The SMILES string of the molecule is O=C(NCC1CCC2(CC1)OCCO2)OCc1ccccc1. The number of carbonyl (C=O) groups excluding carboxylic acids is 1. The van der Waals surface area contributed by atoms with E-state index >= 15 is 0 Å². The van der Waals surface area contributed by atoms with Crippen molar-refractivity contribution in [3.8, 4) is 0 Å². The Morgan fingerprint density at radius 3 is 2.55 bits per heavy atom. The Labute approximate surface area is 130 Å². The average Bonchev–Trinajstić information content (AvgIpc) is 3.02. The zero-order chi connectivity index (χ0) is 15.3. The van der Waals surface area contributed by atoms with E-state index in [9.17, 15) is 4.79 Å². The second-order valence-corrected chi connectivity index (χ2v) is 5.99. The molecule has 1 saturated heterocycles. The van der Waals surface area contributed by atoms with Crippen molar-refractivity contribution in [2.75, 3.05) is 19.8 Å². The lowest BCUT2D eigenvalue weighted by Crippen LogP contribution is -2.38. The van der Waals surface area contributed by atoms with E-state index in [-0.39, 0.29) is 11.9 Å². The lowest BCUT2D eigenvalue weighted by Gasteiger charge is -2.35. The van der Waals surface area contributed by atoms with E-state index in [4.69, 9.17) is 14.2 Å². The first-order valence-electron chi connectivity index (χ1n) is 7.98. The molecule has 5 nitrogen and oxygen atoms in total. The van der Waals surface area contributed by atoms with Gasteiger partial charge < -0.3 is 19.5 Å². The van der Waals surface area contributed by atoms with E-state index < -0.39 is 0 Å². The quantitative estimate of drug-likeness (QED) is 0.929. The highest BCUT2D eigenvalue weighted by Crippen LogP contribution is 2.37. The summed E-state index contributed by atoms with van der Waals surface area (Å²) in [4.78, 5) is 11.7. The molecule has 1 heterocycles. The molecule has 1 amide bonds. The first-order chi connectivity index (χ1) is 10.8. The zero-order valence-electron chi connectivity index (χ0n) is 12.8. The normalized spacial score (nSPS) is 20.9. The third-order valence-corrected chi connectivity index (χ3v) is 4.43. The van der Waals surface area contributed by atoms with Crippen LogP contribution in [0.4, 0.5) is 4.79 Å². The lowest BCUT2D eigenvalue weighted by atomic mass is 9.85. The van der Waals surface area contributed by atoms with Crippen LogP contribution in [0, 0.1) is 5.92 Å². The number of alkyl carbamates (subject to hydrolysis) is 1. The molecule has 1 aliphatic carbocycles. The molecule has 2 aliphatic rings. The molecule has 1 aliphatic heterocycles. The fourth-order valence-corrected chi connectivity index (χ4v) is 3.11. The second-order valence-electron chi connectivity index (χ2n) is 5.99. The first kappa shape index (κ1) is 15.3. The molecule has 1 saturated carbocycles. The predicted octanol–water partition coefficient (Wildman–Crippen LogP) is 2.85. The van der Waals surface area contributed by atoms with Gasteiger partial charge in [0.25, 0.3) is 0 Å². The van der Waals surface area contributed by atoms with E-state index in [1.165, 1.54) is 0 Å². The van der Waals surface area contributed by atoms with Gasteiger partial charge in [-0.1, -0.05) is 30.3 Å². The number of amides is 1. The van der Waals surface area contributed by atoms with E-state index in [1.807, 2.05) is 30.3 Å². The molecule has 1 aromatic carbocycles. The van der Waals surface area contributed by atoms with Crippen LogP contribution < -0.4 is 5.32 Å². The number of rotatable bonds is 4. The minimum absolute atomic E-state index is 0.308. The molecule has 22 heavy (non-hydrogen) atoms. The predicted molar refractivity (Wildman–Crippen MR) is 81.2 cm³/mol. The molecule has 3 rings (SSSR count). The maximum absolute atomic E-state index is 11.7. The molecule has 0 radical (unpaired) electrons. The van der Waals surface area contributed by atoms with Crippen LogP contribution in [0.1, 0.15) is 31.2 Å². The van der Waals surface area contributed by atoms with Crippen LogP contribution in [0.3, 0.4) is 0 Å². The fraction of sp³-hybridized carbons (Fsp3) is 0.588. The smallest absolute Gasteiger partial charge is 0.407 e. The fourth-order valence-electron chi connectivity index (χ4n) is 3.11. The van der Waals surface area contributed by atoms with Crippen LogP contribution in [0.5, 0.6) is 0 Å². The van der Waals surface area contributed by atoms with Crippen LogP contribution in [0.15, 0.2) is 30.3 Å². The summed E-state index contributed by atoms with van der Waals surface area (Å²) < 4.78 is 16.6. The zero-order valence-corrected chi connectivity index (χ0v) is 12.8. The number of hydrogen-bond donors (Lipinski definition) is 1. The third-order valence-electron chi connectivity index (χ3n) is 4.43. The van der Waals surface area contributed by atoms with E-state index in [0.717, 1.165) is 31.2 Å². The van der Waals surface area contributed by atoms with Crippen LogP contribution in [-0.4, -0.2) is 31.6 Å². The van der Waals surface area contributed by atoms with Gasteiger partial charge >= 0.3 is 6.09 Å². The largest absolute Gasteiger partial charge is 0.445 e. The van der Waals surface area contributed by atoms with Gasteiger partial charge in [0.05, 0.1) is 13.2 Å². The molecule has 0 atom stereocenters. The van der Waals surface area contributed by atoms with E-state index in [2.05, 4.69) is 5.32 Å². The van der Waals surface area contributed by atoms with Gasteiger partial charge in [-0.05, 0) is 24.3 Å². The van der Waals surface area contributed by atoms with Gasteiger partial charge in [0, 0.05) is 19.4 Å². The lowest BCUT2D eigenvalue weighted by molar-refractivity contribution is -0.182. The van der Waals surface area contributed by atoms with Crippen molar-refractivity contribution >= 4 is 6.09 Å². The van der Waals surface area contributed by atoms with Gasteiger partial charge in [0.1, 0.15) is 6.61 Å². The molecular formula is C17H23NO4. The number of carbonyl (C=O) groups is 1. The van der Waals surface area contributed by atoms with Crippen molar-refractivity contribution in [1.29, 1.82) is 0 Å². The third kappa shape index (κ3) is 3.99. The molecular weight excluding hydrogens is 282 g/mol. The summed E-state index contributed by atoms with van der Waals surface area (Å²) >= 11 is 0. The highest BCUT2D eigenvalue weighted by atomic mass is 16.7. The van der Waals surface area contributed by atoms with Crippen LogP contribution >= 0.6 is 0 Å². The Balaban J connectivity index is 1.34. The van der Waals surface area contributed by atoms with Crippen molar-refractivity contribution in [3.05, 3.63) is 35.9 Å². The number of benzene rings is 1. The van der Waals surface area contributed by atoms with Crippen molar-refractivity contribution in [3.63, 3.8) is 0 Å². The Kier molecular flexibility index (Phi) is 4.95. The number of ether oxygens (including phenoxy) is 3. The number of nitrogens with one attached hydrogen (secondary N) is 1. The van der Waals surface area contributed by atoms with Gasteiger partial charge in [-0.2, -0.15) is 0 Å². The minimum atomic E-state index is -0.350. The van der Waals surface area contributed by atoms with Crippen molar-refractivity contribution in [1.82, 2.24) is 5.32 Å². The minimum Gasteiger partial charge on any atom is -0.445 e. The topological polar surface area (TPSA) is 56.8 Å². The van der Waals surface area contributed by atoms with Crippen LogP contribution in [0.2, 0.25) is 0 Å². The van der Waals surface area contributed by atoms with E-state index in [0.29, 0.717) is 32.3 Å². The average molecular weight is 305 g/mol. The van der Waals surface area contributed by atoms with Crippen LogP contribution in [0.25, 0.3) is 0 Å². The van der Waals surface area contributed by atoms with Gasteiger partial charge in [0.2, 0.25) is 0 Å². The maximum atomic E-state index is 11.7. The maximum Gasteiger partial charge on any atom is 0.407 e. The summed E-state index contributed by atoms with van der Waals surface area (Å²) in [6.07, 6.45) is 3.51. The Morgan fingerprint density at radius 1 is 1.18 bits per heavy atom. The monoisotopic (exact) mass is 305 g/mol. The molecule has 1 N–H and O–H groups in total. The molecule has 2 fully saturated rings. The standard InChI is InChI=1S/C17H23NO4/c19-16(20-13-15-4-2-1-3-5-15)18-12-14-6-8-17(9-7-14)21-10-11-22-17/h1-5,14H,6-13H2,(H,18,19). The van der Waals surface area contributed by atoms with Gasteiger partial charge in [-0.15, -0.1) is 0 Å². The Morgan fingerprint density at radius 2 is 1.86 bits per heavy atom. The van der Waals surface area contributed by atoms with E-state index in [1.54, 1.807) is 0 Å². The molecule has 120 valence electrons. The molecule has 1 spiro atoms. The highest BCUT2D eigenvalue weighted by molar-refractivity contribution is 5.67. The number of hydrogen-bond acceptors (Lipinski definition) is 4. The van der Waals surface area contributed by atoms with Crippen molar-refractivity contribution in [2.24, 2.45) is 5.92 Å². The van der Waals surface area contributed by atoms with Gasteiger partial charge in [-0.3, -0.25) is 0 Å². The summed E-state index contributed by atoms with van der Waals surface area (Å²) in [5.74, 6) is 0.146. The second kappa shape index (κ2) is 7.11. The van der Waals surface area contributed by atoms with Gasteiger partial charge in [0.15, 0.2) is 5.79 Å². The summed E-state index contributed by atoms with van der Waals surface area (Å²) in [5.41, 5.74) is 0.993. The van der Waals surface area contributed by atoms with Crippen LogP contribution in [-0.2, 0) is 20.8 Å². The summed E-state index contributed by atoms with van der Waals surface area (Å²) in [5, 5.41) is 2.86. The summed E-state index contributed by atoms with van der Waals surface area (Å²) in [6.45, 7) is 2.37. The molecule has 0 bridgehead atoms. The molecule has 5 heteroatoms. The Bertz CT molecular complexity index is 475. The summed E-state index contributed by atoms with van der Waals surface area (Å²) in [6, 6.07) is 9.69. The first-order valence-corrected chi connectivity index (χ1v) is 7.98. The highest BCUT2D eigenvalue weighted by Gasteiger charge is 2.40. The molecule has 0 aromatic heterocycles. The van der Waals surface area contributed by atoms with Gasteiger partial charge in [-0.25, -0.2) is 4.79 Å². The molecule has 1 aromatic rings. The summed E-state index contributed by atoms with van der Waals surface area (Å²) in [7, 11) is 0.